The maximum Gasteiger partial charge on any atom is 0.323 e. The molecule has 7 nitrogen and oxygen atoms in total. The minimum absolute atomic E-state index is 0.0923. The second kappa shape index (κ2) is 6.61. The number of aliphatic hydroxyl groups excluding tert-OH is 1. The molecule has 4 N–H and O–H groups in total. The molecule has 0 bridgehead atoms. The van der Waals surface area contributed by atoms with Gasteiger partial charge in [0.05, 0.1) is 28.8 Å². The van der Waals surface area contributed by atoms with Crippen molar-refractivity contribution in [3.8, 4) is 11.3 Å². The van der Waals surface area contributed by atoms with Gasteiger partial charge in [-0.2, -0.15) is 0 Å². The van der Waals surface area contributed by atoms with Gasteiger partial charge in [-0.15, -0.1) is 11.3 Å². The summed E-state index contributed by atoms with van der Waals surface area (Å²) in [6, 6.07) is 12.7. The first kappa shape index (κ1) is 17.7. The Kier molecular flexibility index (Phi) is 4.04. The Morgan fingerprint density at radius 3 is 2.69 bits per heavy atom. The summed E-state index contributed by atoms with van der Waals surface area (Å²) < 4.78 is 0. The number of fused-ring (bicyclic) bond motifs is 1. The molecule has 4 aromatic rings. The number of rotatable bonds is 3. The van der Waals surface area contributed by atoms with Crippen molar-refractivity contribution in [1.82, 2.24) is 15.0 Å². The van der Waals surface area contributed by atoms with Gasteiger partial charge in [0, 0.05) is 21.7 Å². The number of aliphatic hydroxyl groups is 1. The molecule has 1 aliphatic rings. The number of aromatic nitrogens is 3. The summed E-state index contributed by atoms with van der Waals surface area (Å²) in [4.78, 5) is 23.2. The fraction of sp³-hybridized carbons (Fsp3) is 0.0500. The van der Waals surface area contributed by atoms with Crippen LogP contribution in [0.15, 0.2) is 58.4 Å². The van der Waals surface area contributed by atoms with Crippen molar-refractivity contribution in [3.63, 3.8) is 0 Å². The van der Waals surface area contributed by atoms with Crippen LogP contribution < -0.4 is 10.6 Å². The van der Waals surface area contributed by atoms with E-state index in [1.807, 2.05) is 17.5 Å². The van der Waals surface area contributed by atoms with Crippen molar-refractivity contribution in [2.75, 3.05) is 11.4 Å². The number of H-pyrrole nitrogens is 2. The van der Waals surface area contributed by atoms with Crippen LogP contribution in [0.5, 0.6) is 0 Å². The standard InChI is InChI=1S/C20H14ClN5O2S/c21-11-3-1-10(2-4-11)15-9-29-19(23-15)17-16(27)8-26(18(17)22)12-5-6-13-14(7-12)25-20(28)24-13/h1-7,9,22,27H,8H2,(H2,24,25,28). The second-order valence-corrected chi connectivity index (χ2v) is 7.90. The molecule has 2 aromatic carbocycles. The summed E-state index contributed by atoms with van der Waals surface area (Å²) in [7, 11) is 0. The van der Waals surface area contributed by atoms with Gasteiger partial charge in [0.2, 0.25) is 0 Å². The molecule has 0 radical (unpaired) electrons. The summed E-state index contributed by atoms with van der Waals surface area (Å²) in [5.74, 6) is 0.256. The molecule has 1 aliphatic heterocycles. The lowest BCUT2D eigenvalue weighted by atomic mass is 10.2. The maximum absolute atomic E-state index is 11.5. The minimum Gasteiger partial charge on any atom is -0.510 e. The zero-order valence-corrected chi connectivity index (χ0v) is 16.4. The summed E-state index contributed by atoms with van der Waals surface area (Å²) in [5.41, 5.74) is 3.85. The fourth-order valence-electron chi connectivity index (χ4n) is 3.35. The Morgan fingerprint density at radius 1 is 1.14 bits per heavy atom. The van der Waals surface area contributed by atoms with E-state index in [2.05, 4.69) is 15.0 Å². The van der Waals surface area contributed by atoms with Crippen molar-refractivity contribution in [1.29, 1.82) is 5.41 Å². The van der Waals surface area contributed by atoms with Gasteiger partial charge in [0.15, 0.2) is 0 Å². The topological polar surface area (TPSA) is 109 Å². The van der Waals surface area contributed by atoms with Crippen molar-refractivity contribution < 1.29 is 5.11 Å². The molecule has 0 atom stereocenters. The third-order valence-electron chi connectivity index (χ3n) is 4.77. The predicted octanol–water partition coefficient (Wildman–Crippen LogP) is 4.40. The van der Waals surface area contributed by atoms with E-state index in [1.165, 1.54) is 11.3 Å². The maximum atomic E-state index is 11.5. The molecule has 29 heavy (non-hydrogen) atoms. The van der Waals surface area contributed by atoms with E-state index in [4.69, 9.17) is 17.0 Å². The van der Waals surface area contributed by atoms with Gasteiger partial charge in [-0.25, -0.2) is 9.78 Å². The zero-order chi connectivity index (χ0) is 20.1. The summed E-state index contributed by atoms with van der Waals surface area (Å²) >= 11 is 7.32. The van der Waals surface area contributed by atoms with Crippen LogP contribution in [-0.4, -0.2) is 32.4 Å². The highest BCUT2D eigenvalue weighted by molar-refractivity contribution is 7.11. The first-order chi connectivity index (χ1) is 14.0. The summed E-state index contributed by atoms with van der Waals surface area (Å²) in [6.07, 6.45) is 0. The van der Waals surface area contributed by atoms with Crippen molar-refractivity contribution in [2.24, 2.45) is 0 Å². The Balaban J connectivity index is 1.47. The van der Waals surface area contributed by atoms with E-state index in [-0.39, 0.29) is 23.8 Å². The monoisotopic (exact) mass is 423 g/mol. The average molecular weight is 424 g/mol. The van der Waals surface area contributed by atoms with E-state index >= 15 is 0 Å². The average Bonchev–Trinajstić information content (AvgIpc) is 3.38. The molecule has 144 valence electrons. The smallest absolute Gasteiger partial charge is 0.323 e. The third-order valence-corrected chi connectivity index (χ3v) is 5.88. The largest absolute Gasteiger partial charge is 0.510 e. The quantitative estimate of drug-likeness (QED) is 0.391. The van der Waals surface area contributed by atoms with Crippen molar-refractivity contribution in [3.05, 3.63) is 74.1 Å². The molecule has 9 heteroatoms. The zero-order valence-electron chi connectivity index (χ0n) is 14.9. The Morgan fingerprint density at radius 2 is 1.90 bits per heavy atom. The Bertz CT molecular complexity index is 1350. The number of amidine groups is 1. The van der Waals surface area contributed by atoms with Gasteiger partial charge in [0.25, 0.3) is 0 Å². The summed E-state index contributed by atoms with van der Waals surface area (Å²) in [5, 5.41) is 22.3. The number of nitrogens with one attached hydrogen (secondary N) is 3. The second-order valence-electron chi connectivity index (χ2n) is 6.61. The van der Waals surface area contributed by atoms with Gasteiger partial charge in [-0.1, -0.05) is 23.7 Å². The number of nitrogens with zero attached hydrogens (tertiary/aromatic N) is 2. The number of benzene rings is 2. The number of aromatic amines is 2. The number of thiazole rings is 1. The molecule has 0 saturated carbocycles. The molecule has 0 saturated heterocycles. The van der Waals surface area contributed by atoms with Crippen LogP contribution in [0.2, 0.25) is 5.02 Å². The van der Waals surface area contributed by atoms with Crippen LogP contribution in [0.25, 0.3) is 27.9 Å². The Labute approximate surface area is 173 Å². The molecule has 0 amide bonds. The van der Waals surface area contributed by atoms with Crippen LogP contribution in [0, 0.1) is 5.41 Å². The van der Waals surface area contributed by atoms with Crippen LogP contribution in [0.4, 0.5) is 5.69 Å². The molecular weight excluding hydrogens is 410 g/mol. The van der Waals surface area contributed by atoms with Crippen LogP contribution in [0.1, 0.15) is 5.01 Å². The minimum atomic E-state index is -0.284. The molecule has 2 aromatic heterocycles. The molecular formula is C20H14ClN5O2S. The summed E-state index contributed by atoms with van der Waals surface area (Å²) in [6.45, 7) is 0.171. The number of hydrogen-bond acceptors (Lipinski definition) is 5. The first-order valence-corrected chi connectivity index (χ1v) is 9.98. The molecule has 5 rings (SSSR count). The number of anilines is 1. The lowest BCUT2D eigenvalue weighted by Crippen LogP contribution is -2.25. The highest BCUT2D eigenvalue weighted by Gasteiger charge is 2.31. The van der Waals surface area contributed by atoms with Gasteiger partial charge >= 0.3 is 5.69 Å². The molecule has 3 heterocycles. The number of imidazole rings is 1. The van der Waals surface area contributed by atoms with Crippen molar-refractivity contribution in [2.45, 2.75) is 0 Å². The highest BCUT2D eigenvalue weighted by atomic mass is 35.5. The number of halogens is 1. The lowest BCUT2D eigenvalue weighted by molar-refractivity contribution is 0.411. The number of hydrogen-bond donors (Lipinski definition) is 4. The highest BCUT2D eigenvalue weighted by Crippen LogP contribution is 2.35. The van der Waals surface area contributed by atoms with Crippen LogP contribution >= 0.6 is 22.9 Å². The van der Waals surface area contributed by atoms with Gasteiger partial charge in [-0.3, -0.25) is 5.41 Å². The van der Waals surface area contributed by atoms with E-state index in [0.717, 1.165) is 11.3 Å². The van der Waals surface area contributed by atoms with E-state index in [1.54, 1.807) is 35.2 Å². The van der Waals surface area contributed by atoms with E-state index in [9.17, 15) is 9.90 Å². The van der Waals surface area contributed by atoms with E-state index in [0.29, 0.717) is 32.3 Å². The first-order valence-electron chi connectivity index (χ1n) is 8.72. The van der Waals surface area contributed by atoms with Crippen molar-refractivity contribution >= 4 is 51.1 Å². The third kappa shape index (κ3) is 3.02. The molecule has 0 aliphatic carbocycles. The van der Waals surface area contributed by atoms with Gasteiger partial charge in [0.1, 0.15) is 16.6 Å². The van der Waals surface area contributed by atoms with Crippen LogP contribution in [-0.2, 0) is 0 Å². The normalized spacial score (nSPS) is 14.4. The molecule has 0 spiro atoms. The SMILES string of the molecule is N=C1C(c2nc(-c3ccc(Cl)cc3)cs2)=C(O)CN1c1ccc2[nH]c(=O)[nH]c2c1. The predicted molar refractivity (Wildman–Crippen MR) is 116 cm³/mol. The van der Waals surface area contributed by atoms with E-state index < -0.39 is 0 Å². The Hall–Kier alpha value is -3.36. The fourth-order valence-corrected chi connectivity index (χ4v) is 4.38. The van der Waals surface area contributed by atoms with Crippen LogP contribution in [0.3, 0.4) is 0 Å². The van der Waals surface area contributed by atoms with Gasteiger partial charge < -0.3 is 20.0 Å². The van der Waals surface area contributed by atoms with Gasteiger partial charge in [-0.05, 0) is 30.3 Å². The lowest BCUT2D eigenvalue weighted by Gasteiger charge is -2.18. The molecule has 0 unspecified atom stereocenters. The molecule has 0 fully saturated rings.